The predicted octanol–water partition coefficient (Wildman–Crippen LogP) is 2.75. The number of hydrogen-bond acceptors (Lipinski definition) is 5. The van der Waals surface area contributed by atoms with Crippen molar-refractivity contribution in [2.24, 2.45) is 0 Å². The Morgan fingerprint density at radius 1 is 1.12 bits per heavy atom. The van der Waals surface area contributed by atoms with Gasteiger partial charge in [0.15, 0.2) is 29.7 Å². The number of amides is 1. The van der Waals surface area contributed by atoms with Crippen LogP contribution in [0.1, 0.15) is 11.1 Å². The molecule has 7 heteroatoms. The number of carbonyl (C=O) groups excluding carboxylic acids is 1. The zero-order chi connectivity index (χ0) is 19.1. The molecule has 0 fully saturated rings. The summed E-state index contributed by atoms with van der Waals surface area (Å²) in [5, 5.41) is 8.89. The first-order valence-corrected chi connectivity index (χ1v) is 7.75. The smallest absolute Gasteiger partial charge is 0.260 e. The molecule has 0 heterocycles. The van der Waals surface area contributed by atoms with Gasteiger partial charge in [-0.15, -0.1) is 0 Å². The highest BCUT2D eigenvalue weighted by atomic mass is 19.1. The van der Waals surface area contributed by atoms with Gasteiger partial charge in [-0.2, -0.15) is 5.26 Å². The lowest BCUT2D eigenvalue weighted by molar-refractivity contribution is -0.132. The molecule has 2 aromatic rings. The summed E-state index contributed by atoms with van der Waals surface area (Å²) >= 11 is 0. The summed E-state index contributed by atoms with van der Waals surface area (Å²) in [6, 6.07) is 11.2. The number of rotatable bonds is 7. The van der Waals surface area contributed by atoms with E-state index in [1.54, 1.807) is 25.2 Å². The molecule has 0 N–H and O–H groups in total. The average Bonchev–Trinajstić information content (AvgIpc) is 2.65. The summed E-state index contributed by atoms with van der Waals surface area (Å²) in [6.07, 6.45) is 0. The van der Waals surface area contributed by atoms with Gasteiger partial charge in [0.2, 0.25) is 0 Å². The van der Waals surface area contributed by atoms with Crippen molar-refractivity contribution in [2.75, 3.05) is 27.9 Å². The van der Waals surface area contributed by atoms with Crippen molar-refractivity contribution in [1.29, 1.82) is 5.26 Å². The molecule has 0 radical (unpaired) electrons. The number of ether oxygens (including phenoxy) is 3. The van der Waals surface area contributed by atoms with Crippen molar-refractivity contribution >= 4 is 5.91 Å². The Labute approximate surface area is 151 Å². The van der Waals surface area contributed by atoms with Crippen LogP contribution in [0.4, 0.5) is 4.39 Å². The second kappa shape index (κ2) is 8.72. The maximum Gasteiger partial charge on any atom is 0.260 e. The van der Waals surface area contributed by atoms with Gasteiger partial charge in [-0.05, 0) is 29.8 Å². The number of likely N-dealkylation sites (N-methyl/N-ethyl adjacent to an activating group) is 1. The number of hydrogen-bond donors (Lipinski definition) is 0. The molecule has 0 spiro atoms. The third kappa shape index (κ3) is 4.63. The van der Waals surface area contributed by atoms with Gasteiger partial charge in [-0.1, -0.05) is 6.07 Å². The molecule has 26 heavy (non-hydrogen) atoms. The van der Waals surface area contributed by atoms with Crippen LogP contribution >= 0.6 is 0 Å². The number of nitrogens with zero attached hydrogens (tertiary/aromatic N) is 2. The Balaban J connectivity index is 1.97. The predicted molar refractivity (Wildman–Crippen MR) is 92.6 cm³/mol. The monoisotopic (exact) mass is 358 g/mol. The first kappa shape index (κ1) is 19.1. The Bertz CT molecular complexity index is 833. The Hall–Kier alpha value is -3.27. The van der Waals surface area contributed by atoms with Gasteiger partial charge in [-0.25, -0.2) is 4.39 Å². The number of nitriles is 1. The summed E-state index contributed by atoms with van der Waals surface area (Å²) in [5.41, 5.74) is 1.06. The maximum absolute atomic E-state index is 13.7. The zero-order valence-corrected chi connectivity index (χ0v) is 14.8. The number of halogens is 1. The van der Waals surface area contributed by atoms with Crippen LogP contribution in [0.5, 0.6) is 17.2 Å². The topological polar surface area (TPSA) is 71.8 Å². The highest BCUT2D eigenvalue weighted by Gasteiger charge is 2.14. The lowest BCUT2D eigenvalue weighted by Crippen LogP contribution is -2.31. The summed E-state index contributed by atoms with van der Waals surface area (Å²) in [7, 11) is 4.45. The largest absolute Gasteiger partial charge is 0.494 e. The van der Waals surface area contributed by atoms with Gasteiger partial charge in [0.05, 0.1) is 25.9 Å². The Morgan fingerprint density at radius 2 is 1.81 bits per heavy atom. The molecule has 0 saturated heterocycles. The van der Waals surface area contributed by atoms with Crippen LogP contribution < -0.4 is 14.2 Å². The van der Waals surface area contributed by atoms with E-state index in [4.69, 9.17) is 19.5 Å². The first-order chi connectivity index (χ1) is 12.5. The van der Waals surface area contributed by atoms with Crippen LogP contribution in [0.25, 0.3) is 0 Å². The van der Waals surface area contributed by atoms with Crippen molar-refractivity contribution < 1.29 is 23.4 Å². The minimum absolute atomic E-state index is 0.152. The second-order valence-electron chi connectivity index (χ2n) is 5.48. The molecule has 0 unspecified atom stereocenters. The van der Waals surface area contributed by atoms with Gasteiger partial charge in [0.25, 0.3) is 5.91 Å². The quantitative estimate of drug-likeness (QED) is 0.761. The fourth-order valence-electron chi connectivity index (χ4n) is 2.28. The molecule has 0 bridgehead atoms. The second-order valence-corrected chi connectivity index (χ2v) is 5.48. The Morgan fingerprint density at radius 3 is 2.42 bits per heavy atom. The van der Waals surface area contributed by atoms with Gasteiger partial charge < -0.3 is 19.1 Å². The lowest BCUT2D eigenvalue weighted by Gasteiger charge is -2.18. The van der Waals surface area contributed by atoms with Crippen molar-refractivity contribution in [1.82, 2.24) is 4.90 Å². The average molecular weight is 358 g/mol. The van der Waals surface area contributed by atoms with E-state index in [1.165, 1.54) is 37.3 Å². The van der Waals surface area contributed by atoms with Crippen LogP contribution in [-0.2, 0) is 11.3 Å². The lowest BCUT2D eigenvalue weighted by atomic mass is 10.2. The van der Waals surface area contributed by atoms with E-state index in [2.05, 4.69) is 0 Å². The van der Waals surface area contributed by atoms with E-state index in [0.717, 1.165) is 0 Å². The van der Waals surface area contributed by atoms with Crippen molar-refractivity contribution in [3.8, 4) is 23.3 Å². The number of benzene rings is 2. The molecular weight excluding hydrogens is 339 g/mol. The third-order valence-corrected chi connectivity index (χ3v) is 3.71. The van der Waals surface area contributed by atoms with E-state index >= 15 is 0 Å². The molecule has 0 aliphatic carbocycles. The molecule has 0 aromatic heterocycles. The van der Waals surface area contributed by atoms with Crippen LogP contribution in [0.2, 0.25) is 0 Å². The van der Waals surface area contributed by atoms with E-state index in [9.17, 15) is 9.18 Å². The van der Waals surface area contributed by atoms with Crippen LogP contribution in [0.3, 0.4) is 0 Å². The summed E-state index contributed by atoms with van der Waals surface area (Å²) in [4.78, 5) is 13.7. The molecule has 1 amide bonds. The molecule has 6 nitrogen and oxygen atoms in total. The molecule has 0 aliphatic heterocycles. The number of carbonyl (C=O) groups is 1. The van der Waals surface area contributed by atoms with Crippen molar-refractivity contribution in [3.63, 3.8) is 0 Å². The van der Waals surface area contributed by atoms with Crippen molar-refractivity contribution in [3.05, 3.63) is 53.3 Å². The van der Waals surface area contributed by atoms with Gasteiger partial charge in [-0.3, -0.25) is 4.79 Å². The van der Waals surface area contributed by atoms with Crippen LogP contribution in [0, 0.1) is 17.1 Å². The molecule has 0 aliphatic rings. The van der Waals surface area contributed by atoms with E-state index < -0.39 is 5.82 Å². The van der Waals surface area contributed by atoms with Crippen molar-refractivity contribution in [2.45, 2.75) is 6.54 Å². The normalized spacial score (nSPS) is 9.96. The Kier molecular flexibility index (Phi) is 6.39. The van der Waals surface area contributed by atoms with Gasteiger partial charge >= 0.3 is 0 Å². The van der Waals surface area contributed by atoms with E-state index in [0.29, 0.717) is 22.6 Å². The fourth-order valence-corrected chi connectivity index (χ4v) is 2.28. The molecule has 0 saturated carbocycles. The highest BCUT2D eigenvalue weighted by Crippen LogP contribution is 2.27. The molecular formula is C19H19FN2O4. The first-order valence-electron chi connectivity index (χ1n) is 7.75. The minimum Gasteiger partial charge on any atom is -0.494 e. The van der Waals surface area contributed by atoms with E-state index in [1.807, 2.05) is 6.07 Å². The summed E-state index contributed by atoms with van der Waals surface area (Å²) in [5.74, 6) is 0.122. The summed E-state index contributed by atoms with van der Waals surface area (Å²) in [6.45, 7) is 0.0189. The fraction of sp³-hybridized carbons (Fsp3) is 0.263. The zero-order valence-electron chi connectivity index (χ0n) is 14.8. The highest BCUT2D eigenvalue weighted by molar-refractivity contribution is 5.77. The van der Waals surface area contributed by atoms with Crippen LogP contribution in [-0.4, -0.2) is 38.7 Å². The molecule has 136 valence electrons. The van der Waals surface area contributed by atoms with Crippen LogP contribution in [0.15, 0.2) is 36.4 Å². The standard InChI is InChI=1S/C19H19FN2O4/c1-22(11-14-5-6-16(24-2)15(20)8-14)19(23)12-26-17-7-4-13(10-21)9-18(17)25-3/h4-9H,11-12H2,1-3H3. The van der Waals surface area contributed by atoms with Gasteiger partial charge in [0.1, 0.15) is 0 Å². The molecule has 0 atom stereocenters. The third-order valence-electron chi connectivity index (χ3n) is 3.71. The van der Waals surface area contributed by atoms with Gasteiger partial charge in [0, 0.05) is 19.7 Å². The number of methoxy groups -OCH3 is 2. The molecule has 2 rings (SSSR count). The molecule has 2 aromatic carbocycles. The summed E-state index contributed by atoms with van der Waals surface area (Å²) < 4.78 is 29.2. The SMILES string of the molecule is COc1ccc(CN(C)C(=O)COc2ccc(C#N)cc2OC)cc1F. The van der Waals surface area contributed by atoms with E-state index in [-0.39, 0.29) is 24.8 Å². The maximum atomic E-state index is 13.7. The minimum atomic E-state index is -0.482.